The summed E-state index contributed by atoms with van der Waals surface area (Å²) in [5.41, 5.74) is 0.814. The normalized spacial score (nSPS) is 10.1. The Morgan fingerprint density at radius 3 is 2.69 bits per heavy atom. The van der Waals surface area contributed by atoms with E-state index in [2.05, 4.69) is 15.6 Å². The number of nitrogens with zero attached hydrogens (tertiary/aromatic N) is 3. The molecule has 0 saturated carbocycles. The number of halogens is 1. The van der Waals surface area contributed by atoms with E-state index in [9.17, 15) is 4.79 Å². The van der Waals surface area contributed by atoms with Crippen LogP contribution >= 0.6 is 11.6 Å². The lowest BCUT2D eigenvalue weighted by molar-refractivity contribution is 0.0921. The summed E-state index contributed by atoms with van der Waals surface area (Å²) in [5.74, 6) is 0.323. The molecule has 0 fully saturated rings. The molecule has 0 aliphatic heterocycles. The van der Waals surface area contributed by atoms with E-state index in [1.54, 1.807) is 24.3 Å². The van der Waals surface area contributed by atoms with Crippen molar-refractivity contribution in [2.45, 2.75) is 6.92 Å². The van der Waals surface area contributed by atoms with Gasteiger partial charge in [0.25, 0.3) is 0 Å². The summed E-state index contributed by atoms with van der Waals surface area (Å²) in [5, 5.41) is 11.0. The Morgan fingerprint density at radius 1 is 1.38 bits per heavy atom. The van der Waals surface area contributed by atoms with Crippen LogP contribution in [-0.4, -0.2) is 20.9 Å². The van der Waals surface area contributed by atoms with E-state index in [4.69, 9.17) is 11.6 Å². The van der Waals surface area contributed by atoms with Crippen molar-refractivity contribution in [3.8, 4) is 0 Å². The van der Waals surface area contributed by atoms with Crippen LogP contribution in [0.2, 0.25) is 5.02 Å². The number of aromatic nitrogens is 3. The molecule has 1 heterocycles. The Bertz CT molecular complexity index is 506. The van der Waals surface area contributed by atoms with Crippen molar-refractivity contribution in [2.75, 3.05) is 5.32 Å². The lowest BCUT2D eigenvalue weighted by Gasteiger charge is -2.05. The summed E-state index contributed by atoms with van der Waals surface area (Å²) < 4.78 is 1.19. The molecule has 0 amide bonds. The fourth-order valence-corrected chi connectivity index (χ4v) is 1.36. The van der Waals surface area contributed by atoms with Gasteiger partial charge in [-0.05, 0) is 24.3 Å². The zero-order valence-corrected chi connectivity index (χ0v) is 9.27. The molecule has 0 aliphatic rings. The fourth-order valence-electron chi connectivity index (χ4n) is 1.23. The van der Waals surface area contributed by atoms with Crippen LogP contribution in [0.1, 0.15) is 11.7 Å². The van der Waals surface area contributed by atoms with Crippen molar-refractivity contribution < 1.29 is 4.79 Å². The molecular weight excluding hydrogens is 228 g/mol. The highest BCUT2D eigenvalue weighted by Crippen LogP contribution is 2.17. The second kappa shape index (κ2) is 4.32. The Morgan fingerprint density at radius 2 is 2.06 bits per heavy atom. The summed E-state index contributed by atoms with van der Waals surface area (Å²) in [4.78, 5) is 11.2. The highest BCUT2D eigenvalue weighted by atomic mass is 35.5. The van der Waals surface area contributed by atoms with Crippen molar-refractivity contribution in [2.24, 2.45) is 0 Å². The lowest BCUT2D eigenvalue weighted by atomic mass is 10.3. The fraction of sp³-hybridized carbons (Fsp3) is 0.100. The molecule has 82 valence electrons. The minimum absolute atomic E-state index is 0.200. The minimum Gasteiger partial charge on any atom is -0.339 e. The van der Waals surface area contributed by atoms with Crippen LogP contribution in [0.4, 0.5) is 11.5 Å². The van der Waals surface area contributed by atoms with E-state index in [-0.39, 0.29) is 5.91 Å². The zero-order valence-electron chi connectivity index (χ0n) is 8.51. The van der Waals surface area contributed by atoms with Crippen LogP contribution < -0.4 is 5.32 Å². The maximum atomic E-state index is 11.2. The Kier molecular flexibility index (Phi) is 2.87. The van der Waals surface area contributed by atoms with Crippen LogP contribution in [0.15, 0.2) is 30.5 Å². The number of rotatable bonds is 2. The number of hydrogen-bond acceptors (Lipinski definition) is 4. The molecule has 0 bridgehead atoms. The van der Waals surface area contributed by atoms with Gasteiger partial charge in [0.1, 0.15) is 0 Å². The minimum atomic E-state index is -0.200. The van der Waals surface area contributed by atoms with E-state index in [0.29, 0.717) is 10.8 Å². The molecule has 0 atom stereocenters. The van der Waals surface area contributed by atoms with Gasteiger partial charge in [-0.25, -0.2) is 0 Å². The molecule has 2 rings (SSSR count). The maximum Gasteiger partial charge on any atom is 0.247 e. The molecule has 0 radical (unpaired) electrons. The first-order valence-electron chi connectivity index (χ1n) is 4.61. The smallest absolute Gasteiger partial charge is 0.247 e. The highest BCUT2D eigenvalue weighted by Gasteiger charge is 2.07. The quantitative estimate of drug-likeness (QED) is 0.870. The lowest BCUT2D eigenvalue weighted by Crippen LogP contribution is -2.10. The number of benzene rings is 1. The Labute approximate surface area is 97.0 Å². The zero-order chi connectivity index (χ0) is 11.5. The van der Waals surface area contributed by atoms with E-state index >= 15 is 0 Å². The molecule has 16 heavy (non-hydrogen) atoms. The van der Waals surface area contributed by atoms with E-state index in [1.807, 2.05) is 0 Å². The van der Waals surface area contributed by atoms with Gasteiger partial charge in [0.2, 0.25) is 5.91 Å². The first-order valence-corrected chi connectivity index (χ1v) is 4.99. The van der Waals surface area contributed by atoms with E-state index < -0.39 is 0 Å². The highest BCUT2D eigenvalue weighted by molar-refractivity contribution is 6.30. The first kappa shape index (κ1) is 10.6. The van der Waals surface area contributed by atoms with E-state index in [1.165, 1.54) is 17.8 Å². The predicted molar refractivity (Wildman–Crippen MR) is 61.1 cm³/mol. The Hall–Kier alpha value is -1.88. The summed E-state index contributed by atoms with van der Waals surface area (Å²) in [6, 6.07) is 7.12. The van der Waals surface area contributed by atoms with E-state index in [0.717, 1.165) is 5.69 Å². The molecular formula is C10H9ClN4O. The van der Waals surface area contributed by atoms with Crippen LogP contribution in [0.3, 0.4) is 0 Å². The van der Waals surface area contributed by atoms with Gasteiger partial charge in [-0.15, -0.1) is 5.10 Å². The van der Waals surface area contributed by atoms with Crippen LogP contribution in [-0.2, 0) is 0 Å². The van der Waals surface area contributed by atoms with Gasteiger partial charge in [0, 0.05) is 17.6 Å². The molecule has 0 unspecified atom stereocenters. The van der Waals surface area contributed by atoms with Gasteiger partial charge < -0.3 is 5.32 Å². The monoisotopic (exact) mass is 236 g/mol. The standard InChI is InChI=1S/C10H9ClN4O/c1-7(16)15-10(6-12-14-15)13-9-4-2-8(11)3-5-9/h2-6,13H,1H3. The number of hydrogen-bond donors (Lipinski definition) is 1. The van der Waals surface area contributed by atoms with Crippen LogP contribution in [0, 0.1) is 0 Å². The topological polar surface area (TPSA) is 59.8 Å². The molecule has 1 aromatic heterocycles. The number of nitrogens with one attached hydrogen (secondary N) is 1. The average Bonchev–Trinajstić information content (AvgIpc) is 2.69. The molecule has 5 nitrogen and oxygen atoms in total. The van der Waals surface area contributed by atoms with Crippen molar-refractivity contribution in [3.63, 3.8) is 0 Å². The molecule has 1 N–H and O–H groups in total. The second-order valence-electron chi connectivity index (χ2n) is 3.18. The van der Waals surface area contributed by atoms with Crippen molar-refractivity contribution in [1.82, 2.24) is 15.0 Å². The summed E-state index contributed by atoms with van der Waals surface area (Å²) in [6.45, 7) is 1.42. The third-order valence-electron chi connectivity index (χ3n) is 1.96. The van der Waals surface area contributed by atoms with Gasteiger partial charge >= 0.3 is 0 Å². The molecule has 1 aromatic carbocycles. The van der Waals surface area contributed by atoms with Gasteiger partial charge in [0.15, 0.2) is 5.82 Å². The number of carbonyl (C=O) groups is 1. The van der Waals surface area contributed by atoms with Gasteiger partial charge in [-0.1, -0.05) is 16.8 Å². The van der Waals surface area contributed by atoms with Crippen molar-refractivity contribution in [3.05, 3.63) is 35.5 Å². The van der Waals surface area contributed by atoms with Crippen LogP contribution in [0.5, 0.6) is 0 Å². The summed E-state index contributed by atoms with van der Waals surface area (Å²) >= 11 is 5.76. The van der Waals surface area contributed by atoms with Crippen molar-refractivity contribution in [1.29, 1.82) is 0 Å². The van der Waals surface area contributed by atoms with Crippen molar-refractivity contribution >= 4 is 29.0 Å². The van der Waals surface area contributed by atoms with Gasteiger partial charge in [-0.3, -0.25) is 4.79 Å². The third-order valence-corrected chi connectivity index (χ3v) is 2.22. The van der Waals surface area contributed by atoms with Gasteiger partial charge in [0.05, 0.1) is 6.20 Å². The molecule has 2 aromatic rings. The second-order valence-corrected chi connectivity index (χ2v) is 3.62. The average molecular weight is 237 g/mol. The van der Waals surface area contributed by atoms with Crippen LogP contribution in [0.25, 0.3) is 0 Å². The third kappa shape index (κ3) is 2.20. The molecule has 0 saturated heterocycles. The Balaban J connectivity index is 2.23. The molecule has 0 spiro atoms. The first-order chi connectivity index (χ1) is 7.66. The predicted octanol–water partition coefficient (Wildman–Crippen LogP) is 2.34. The SMILES string of the molecule is CC(=O)n1nncc1Nc1ccc(Cl)cc1. The number of carbonyl (C=O) groups excluding carboxylic acids is 1. The molecule has 0 aliphatic carbocycles. The largest absolute Gasteiger partial charge is 0.339 e. The summed E-state index contributed by atoms with van der Waals surface area (Å²) in [6.07, 6.45) is 1.48. The summed E-state index contributed by atoms with van der Waals surface area (Å²) in [7, 11) is 0. The molecule has 6 heteroatoms. The maximum absolute atomic E-state index is 11.2. The number of anilines is 2. The van der Waals surface area contributed by atoms with Gasteiger partial charge in [-0.2, -0.15) is 4.68 Å².